The Bertz CT molecular complexity index is 552. The number of nitrogens with zero attached hydrogens (tertiary/aromatic N) is 5. The van der Waals surface area contributed by atoms with Crippen LogP contribution >= 0.6 is 11.8 Å². The van der Waals surface area contributed by atoms with Gasteiger partial charge in [-0.05, 0) is 62.8 Å². The lowest BCUT2D eigenvalue weighted by molar-refractivity contribution is 0.0177. The molecule has 2 heterocycles. The highest BCUT2D eigenvalue weighted by molar-refractivity contribution is 7.99. The van der Waals surface area contributed by atoms with Crippen molar-refractivity contribution in [3.05, 3.63) is 0 Å². The monoisotopic (exact) mass is 339 g/mol. The third kappa shape index (κ3) is 4.59. The molecule has 1 saturated carbocycles. The van der Waals surface area contributed by atoms with Crippen LogP contribution in [0.25, 0.3) is 0 Å². The van der Waals surface area contributed by atoms with Crippen LogP contribution in [-0.2, 0) is 4.74 Å². The molecule has 1 saturated heterocycles. The number of thioether (sulfide) groups is 1. The molecule has 1 aliphatic heterocycles. The Labute approximate surface area is 141 Å². The molecule has 1 atom stereocenters. The molecule has 0 aromatic carbocycles. The number of ether oxygens (including phenoxy) is 1. The molecule has 3 rings (SSSR count). The Balaban J connectivity index is 1.50. The third-order valence-corrected chi connectivity index (χ3v) is 5.14. The Kier molecular flexibility index (Phi) is 4.79. The van der Waals surface area contributed by atoms with Crippen LogP contribution in [0.2, 0.25) is 0 Å². The minimum absolute atomic E-state index is 0.199. The largest absolute Gasteiger partial charge is 0.444 e. The Morgan fingerprint density at radius 2 is 2.13 bits per heavy atom. The van der Waals surface area contributed by atoms with Crippen molar-refractivity contribution >= 4 is 17.9 Å². The van der Waals surface area contributed by atoms with E-state index in [1.54, 1.807) is 11.8 Å². The molecule has 0 radical (unpaired) electrons. The van der Waals surface area contributed by atoms with E-state index >= 15 is 0 Å². The average Bonchev–Trinajstić information content (AvgIpc) is 3.22. The quantitative estimate of drug-likeness (QED) is 0.785. The van der Waals surface area contributed by atoms with Gasteiger partial charge < -0.3 is 9.64 Å². The van der Waals surface area contributed by atoms with Crippen molar-refractivity contribution in [2.45, 2.75) is 63.3 Å². The summed E-state index contributed by atoms with van der Waals surface area (Å²) in [4.78, 5) is 14.0. The fourth-order valence-corrected chi connectivity index (χ4v) is 3.78. The molecule has 1 aromatic rings. The predicted molar refractivity (Wildman–Crippen MR) is 87.3 cm³/mol. The van der Waals surface area contributed by atoms with Gasteiger partial charge in [0.05, 0.1) is 6.04 Å². The number of hydrogen-bond donors (Lipinski definition) is 0. The summed E-state index contributed by atoms with van der Waals surface area (Å²) in [5, 5.41) is 12.9. The molecule has 1 aliphatic carbocycles. The van der Waals surface area contributed by atoms with Gasteiger partial charge in [-0.2, -0.15) is 0 Å². The van der Waals surface area contributed by atoms with E-state index in [-0.39, 0.29) is 6.09 Å². The highest BCUT2D eigenvalue weighted by Gasteiger charge is 2.30. The molecule has 2 fully saturated rings. The molecule has 0 N–H and O–H groups in total. The fraction of sp³-hybridized carbons (Fsp3) is 0.867. The molecule has 8 heteroatoms. The Hall–Kier alpha value is -1.31. The first-order valence-corrected chi connectivity index (χ1v) is 9.29. The van der Waals surface area contributed by atoms with E-state index in [1.165, 1.54) is 12.8 Å². The summed E-state index contributed by atoms with van der Waals surface area (Å²) in [6.07, 6.45) is 4.31. The van der Waals surface area contributed by atoms with Crippen molar-refractivity contribution in [1.29, 1.82) is 0 Å². The van der Waals surface area contributed by atoms with Gasteiger partial charge in [-0.1, -0.05) is 11.8 Å². The lowest BCUT2D eigenvalue weighted by Gasteiger charge is -2.33. The lowest BCUT2D eigenvalue weighted by atomic mass is 10.0. The van der Waals surface area contributed by atoms with Crippen molar-refractivity contribution in [1.82, 2.24) is 25.1 Å². The van der Waals surface area contributed by atoms with Crippen LogP contribution in [0.3, 0.4) is 0 Å². The van der Waals surface area contributed by atoms with E-state index in [2.05, 4.69) is 15.5 Å². The van der Waals surface area contributed by atoms with Gasteiger partial charge in [-0.15, -0.1) is 5.10 Å². The number of likely N-dealkylation sites (tertiary alicyclic amines) is 1. The van der Waals surface area contributed by atoms with Crippen molar-refractivity contribution in [3.63, 3.8) is 0 Å². The SMILES string of the molecule is CC(C)(C)OC(=O)N1CCCC(CSc2nnnn2C2CC2)C1. The number of hydrogen-bond acceptors (Lipinski definition) is 6. The topological polar surface area (TPSA) is 73.1 Å². The van der Waals surface area contributed by atoms with Crippen molar-refractivity contribution in [2.24, 2.45) is 5.92 Å². The fourth-order valence-electron chi connectivity index (χ4n) is 2.71. The molecule has 0 bridgehead atoms. The van der Waals surface area contributed by atoms with Gasteiger partial charge in [-0.3, -0.25) is 0 Å². The van der Waals surface area contributed by atoms with Crippen LogP contribution in [-0.4, -0.2) is 55.6 Å². The summed E-state index contributed by atoms with van der Waals surface area (Å²) < 4.78 is 7.42. The van der Waals surface area contributed by atoms with Gasteiger partial charge in [0, 0.05) is 18.8 Å². The van der Waals surface area contributed by atoms with Crippen LogP contribution in [0.5, 0.6) is 0 Å². The minimum Gasteiger partial charge on any atom is -0.444 e. The summed E-state index contributed by atoms with van der Waals surface area (Å²) in [5.41, 5.74) is -0.439. The standard InChI is InChI=1S/C15H25N5O2S/c1-15(2,3)22-14(21)19-8-4-5-11(9-19)10-23-13-16-17-18-20(13)12-6-7-12/h11-12H,4-10H2,1-3H3. The maximum atomic E-state index is 12.2. The van der Waals surface area contributed by atoms with E-state index in [1.807, 2.05) is 30.4 Å². The Morgan fingerprint density at radius 3 is 2.83 bits per heavy atom. The summed E-state index contributed by atoms with van der Waals surface area (Å²) in [7, 11) is 0. The second-order valence-corrected chi connectivity index (χ2v) is 8.37. The van der Waals surface area contributed by atoms with Crippen molar-refractivity contribution < 1.29 is 9.53 Å². The van der Waals surface area contributed by atoms with E-state index in [9.17, 15) is 4.79 Å². The van der Waals surface area contributed by atoms with Crippen molar-refractivity contribution in [2.75, 3.05) is 18.8 Å². The van der Waals surface area contributed by atoms with Crippen LogP contribution in [0.4, 0.5) is 4.79 Å². The number of aromatic nitrogens is 4. The second-order valence-electron chi connectivity index (χ2n) is 7.38. The first kappa shape index (κ1) is 16.5. The zero-order valence-electron chi connectivity index (χ0n) is 14.1. The molecule has 0 spiro atoms. The van der Waals surface area contributed by atoms with Gasteiger partial charge in [-0.25, -0.2) is 9.48 Å². The summed E-state index contributed by atoms with van der Waals surface area (Å²) >= 11 is 1.70. The second kappa shape index (κ2) is 6.67. The molecular weight excluding hydrogens is 314 g/mol. The van der Waals surface area contributed by atoms with E-state index in [0.29, 0.717) is 12.0 Å². The normalized spacial score (nSPS) is 22.2. The number of carbonyl (C=O) groups is 1. The molecule has 1 aromatic heterocycles. The molecule has 1 unspecified atom stereocenters. The van der Waals surface area contributed by atoms with Gasteiger partial charge in [0.2, 0.25) is 5.16 Å². The van der Waals surface area contributed by atoms with Crippen LogP contribution in [0.15, 0.2) is 5.16 Å². The third-order valence-electron chi connectivity index (χ3n) is 3.97. The molecule has 2 aliphatic rings. The summed E-state index contributed by atoms with van der Waals surface area (Å²) in [6, 6.07) is 0.497. The van der Waals surface area contributed by atoms with Gasteiger partial charge in [0.1, 0.15) is 5.60 Å². The number of carbonyl (C=O) groups excluding carboxylic acids is 1. The lowest BCUT2D eigenvalue weighted by Crippen LogP contribution is -2.43. The summed E-state index contributed by atoms with van der Waals surface area (Å²) in [6.45, 7) is 7.25. The highest BCUT2D eigenvalue weighted by atomic mass is 32.2. The molecule has 128 valence electrons. The maximum Gasteiger partial charge on any atom is 0.410 e. The van der Waals surface area contributed by atoms with E-state index < -0.39 is 5.60 Å². The number of piperidine rings is 1. The van der Waals surface area contributed by atoms with Crippen LogP contribution in [0, 0.1) is 5.92 Å². The van der Waals surface area contributed by atoms with Gasteiger partial charge >= 0.3 is 6.09 Å². The first-order valence-electron chi connectivity index (χ1n) is 8.31. The van der Waals surface area contributed by atoms with E-state index in [4.69, 9.17) is 4.74 Å². The smallest absolute Gasteiger partial charge is 0.410 e. The Morgan fingerprint density at radius 1 is 1.35 bits per heavy atom. The van der Waals surface area contributed by atoms with Crippen molar-refractivity contribution in [3.8, 4) is 0 Å². The zero-order chi connectivity index (χ0) is 16.4. The first-order chi connectivity index (χ1) is 10.9. The van der Waals surface area contributed by atoms with E-state index in [0.717, 1.165) is 36.8 Å². The van der Waals surface area contributed by atoms with Gasteiger partial charge in [0.15, 0.2) is 0 Å². The summed E-state index contributed by atoms with van der Waals surface area (Å²) in [5.74, 6) is 1.40. The molecule has 1 amide bonds. The number of amides is 1. The van der Waals surface area contributed by atoms with Crippen LogP contribution < -0.4 is 0 Å². The molecule has 23 heavy (non-hydrogen) atoms. The highest BCUT2D eigenvalue weighted by Crippen LogP contribution is 2.37. The number of tetrazole rings is 1. The molecule has 7 nitrogen and oxygen atoms in total. The van der Waals surface area contributed by atoms with Gasteiger partial charge in [0.25, 0.3) is 0 Å². The minimum atomic E-state index is -0.439. The zero-order valence-corrected chi connectivity index (χ0v) is 14.9. The average molecular weight is 339 g/mol. The molecular formula is C15H25N5O2S. The number of rotatable bonds is 4. The van der Waals surface area contributed by atoms with Crippen LogP contribution in [0.1, 0.15) is 52.5 Å². The predicted octanol–water partition coefficient (Wildman–Crippen LogP) is 2.75. The maximum absolute atomic E-state index is 12.2.